The van der Waals surface area contributed by atoms with Crippen molar-refractivity contribution in [2.75, 3.05) is 6.16 Å². The third kappa shape index (κ3) is 4.04. The minimum atomic E-state index is -2.79. The molecule has 0 fully saturated rings. The quantitative estimate of drug-likeness (QED) is 0.304. The number of hydrogen-bond donors (Lipinski definition) is 0. The standard InChI is InChI=1S/C24H28BrPSi/c1-27(2,3)21-13-20-26(25,22-14-7-4-8-15-22,23-16-9-5-10-17-23)24-18-11-6-12-19-24/h4-19,21H,20H2,1-3H3/b21-13+. The van der Waals surface area contributed by atoms with Crippen molar-refractivity contribution in [3.63, 3.8) is 0 Å². The van der Waals surface area contributed by atoms with E-state index in [2.05, 4.69) is 138 Å². The van der Waals surface area contributed by atoms with Crippen molar-refractivity contribution in [2.45, 2.75) is 19.6 Å². The second-order valence-corrected chi connectivity index (χ2v) is 22.2. The summed E-state index contributed by atoms with van der Waals surface area (Å²) in [5, 5.41) is 1.34. The van der Waals surface area contributed by atoms with Crippen LogP contribution in [-0.2, 0) is 0 Å². The van der Waals surface area contributed by atoms with Crippen LogP contribution >= 0.6 is 20.8 Å². The molecule has 140 valence electrons. The van der Waals surface area contributed by atoms with E-state index in [1.807, 2.05) is 0 Å². The molecule has 0 aliphatic rings. The van der Waals surface area contributed by atoms with E-state index in [1.54, 1.807) is 0 Å². The van der Waals surface area contributed by atoms with Gasteiger partial charge >= 0.3 is 173 Å². The fourth-order valence-electron chi connectivity index (χ4n) is 3.58. The molecule has 0 amide bonds. The third-order valence-corrected chi connectivity index (χ3v) is 15.8. The van der Waals surface area contributed by atoms with Crippen molar-refractivity contribution in [2.24, 2.45) is 0 Å². The number of allylic oxidation sites excluding steroid dienone is 1. The van der Waals surface area contributed by atoms with Crippen molar-refractivity contribution in [3.8, 4) is 0 Å². The zero-order valence-electron chi connectivity index (χ0n) is 16.3. The van der Waals surface area contributed by atoms with Gasteiger partial charge in [0.1, 0.15) is 0 Å². The molecule has 0 aliphatic carbocycles. The molecule has 0 nitrogen and oxygen atoms in total. The van der Waals surface area contributed by atoms with Gasteiger partial charge in [-0.15, -0.1) is 0 Å². The van der Waals surface area contributed by atoms with E-state index in [4.69, 9.17) is 0 Å². The predicted molar refractivity (Wildman–Crippen MR) is 131 cm³/mol. The van der Waals surface area contributed by atoms with Gasteiger partial charge in [0.2, 0.25) is 0 Å². The molecule has 0 heterocycles. The Kier molecular flexibility index (Phi) is 5.91. The average molecular weight is 455 g/mol. The number of hydrogen-bond acceptors (Lipinski definition) is 0. The van der Waals surface area contributed by atoms with Gasteiger partial charge in [0.15, 0.2) is 0 Å². The molecule has 0 atom stereocenters. The van der Waals surface area contributed by atoms with Crippen LogP contribution in [0.25, 0.3) is 0 Å². The van der Waals surface area contributed by atoms with Crippen molar-refractivity contribution >= 4 is 44.8 Å². The van der Waals surface area contributed by atoms with E-state index < -0.39 is 13.4 Å². The Balaban J connectivity index is 2.34. The van der Waals surface area contributed by atoms with Gasteiger partial charge in [0, 0.05) is 0 Å². The van der Waals surface area contributed by atoms with Crippen LogP contribution in [0, 0.1) is 0 Å². The molecule has 3 rings (SSSR count). The summed E-state index contributed by atoms with van der Waals surface area (Å²) >= 11 is 4.48. The first-order valence-electron chi connectivity index (χ1n) is 9.42. The minimum absolute atomic E-state index is 0.980. The molecule has 3 heteroatoms. The fourth-order valence-corrected chi connectivity index (χ4v) is 11.6. The Morgan fingerprint density at radius 3 is 1.30 bits per heavy atom. The maximum atomic E-state index is 4.48. The normalized spacial score (nSPS) is 14.0. The van der Waals surface area contributed by atoms with Crippen molar-refractivity contribution in [1.82, 2.24) is 0 Å². The van der Waals surface area contributed by atoms with Gasteiger partial charge in [-0.3, -0.25) is 0 Å². The summed E-state index contributed by atoms with van der Waals surface area (Å²) in [5.41, 5.74) is 2.48. The summed E-state index contributed by atoms with van der Waals surface area (Å²) in [4.78, 5) is 0. The van der Waals surface area contributed by atoms with Crippen LogP contribution in [0.15, 0.2) is 103 Å². The monoisotopic (exact) mass is 454 g/mol. The zero-order valence-corrected chi connectivity index (χ0v) is 19.8. The van der Waals surface area contributed by atoms with E-state index in [9.17, 15) is 0 Å². The van der Waals surface area contributed by atoms with E-state index in [0.29, 0.717) is 0 Å². The van der Waals surface area contributed by atoms with Gasteiger partial charge in [-0.1, -0.05) is 0 Å². The van der Waals surface area contributed by atoms with Gasteiger partial charge in [-0.05, 0) is 0 Å². The molecule has 3 aromatic rings. The van der Waals surface area contributed by atoms with Gasteiger partial charge in [0.05, 0.1) is 0 Å². The molecule has 0 unspecified atom stereocenters. The van der Waals surface area contributed by atoms with E-state index in [0.717, 1.165) is 6.16 Å². The molecular weight excluding hydrogens is 427 g/mol. The number of halogens is 1. The Labute approximate surface area is 173 Å². The van der Waals surface area contributed by atoms with Gasteiger partial charge in [-0.25, -0.2) is 0 Å². The van der Waals surface area contributed by atoms with Gasteiger partial charge in [0.25, 0.3) is 0 Å². The van der Waals surface area contributed by atoms with E-state index >= 15 is 0 Å². The second-order valence-electron chi connectivity index (χ2n) is 8.14. The van der Waals surface area contributed by atoms with Crippen molar-refractivity contribution in [3.05, 3.63) is 103 Å². The second kappa shape index (κ2) is 7.87. The third-order valence-electron chi connectivity index (χ3n) is 4.95. The first-order chi connectivity index (χ1) is 12.8. The van der Waals surface area contributed by atoms with Crippen LogP contribution in [-0.4, -0.2) is 14.2 Å². The van der Waals surface area contributed by atoms with Crippen molar-refractivity contribution in [1.29, 1.82) is 0 Å². The Bertz CT molecular complexity index is 800. The molecule has 3 aromatic carbocycles. The molecule has 0 saturated carbocycles. The number of benzene rings is 3. The summed E-state index contributed by atoms with van der Waals surface area (Å²) < 4.78 is 0. The maximum absolute atomic E-state index is 4.48. The first-order valence-corrected chi connectivity index (χ1v) is 17.4. The predicted octanol–water partition coefficient (Wildman–Crippen LogP) is 6.26. The van der Waals surface area contributed by atoms with Crippen LogP contribution in [0.4, 0.5) is 0 Å². The molecule has 27 heavy (non-hydrogen) atoms. The summed E-state index contributed by atoms with van der Waals surface area (Å²) in [6, 6.07) is 33.0. The van der Waals surface area contributed by atoms with Gasteiger partial charge in [-0.2, -0.15) is 0 Å². The van der Waals surface area contributed by atoms with Gasteiger partial charge < -0.3 is 0 Å². The summed E-state index contributed by atoms with van der Waals surface area (Å²) in [5.74, 6) is 0. The van der Waals surface area contributed by atoms with Crippen LogP contribution in [0.3, 0.4) is 0 Å². The Morgan fingerprint density at radius 1 is 0.667 bits per heavy atom. The Hall–Kier alpha value is -1.47. The zero-order chi connectivity index (χ0) is 19.4. The molecule has 0 aromatic heterocycles. The topological polar surface area (TPSA) is 0 Å². The molecular formula is C24H28BrPSi. The van der Waals surface area contributed by atoms with Crippen molar-refractivity contribution < 1.29 is 0 Å². The summed E-state index contributed by atoms with van der Waals surface area (Å²) in [6.07, 6.45) is 3.42. The summed E-state index contributed by atoms with van der Waals surface area (Å²) in [7, 11) is -1.27. The molecule has 0 saturated heterocycles. The fraction of sp³-hybridized carbons (Fsp3) is 0.167. The van der Waals surface area contributed by atoms with Crippen LogP contribution in [0.1, 0.15) is 0 Å². The molecule has 0 radical (unpaired) electrons. The summed E-state index contributed by atoms with van der Waals surface area (Å²) in [6.45, 7) is 7.17. The first kappa shape index (κ1) is 20.3. The van der Waals surface area contributed by atoms with Crippen LogP contribution < -0.4 is 15.9 Å². The number of rotatable bonds is 6. The van der Waals surface area contributed by atoms with Crippen LogP contribution in [0.2, 0.25) is 19.6 Å². The van der Waals surface area contributed by atoms with E-state index in [-0.39, 0.29) is 0 Å². The Morgan fingerprint density at radius 2 is 1.00 bits per heavy atom. The molecule has 0 spiro atoms. The van der Waals surface area contributed by atoms with E-state index in [1.165, 1.54) is 15.9 Å². The molecule has 0 aliphatic heterocycles. The molecule has 0 bridgehead atoms. The molecule has 0 N–H and O–H groups in total. The van der Waals surface area contributed by atoms with Crippen LogP contribution in [0.5, 0.6) is 0 Å². The average Bonchev–Trinajstić information content (AvgIpc) is 2.69. The SMILES string of the molecule is C[Si](C)(C)/C=C/CP(Br)(c1ccccc1)(c1ccccc1)c1ccccc1.